The van der Waals surface area contributed by atoms with Crippen molar-refractivity contribution in [2.75, 3.05) is 6.54 Å². The molecule has 2 aliphatic carbocycles. The summed E-state index contributed by atoms with van der Waals surface area (Å²) in [7, 11) is 0. The van der Waals surface area contributed by atoms with E-state index in [1.54, 1.807) is 0 Å². The van der Waals surface area contributed by atoms with E-state index in [0.717, 1.165) is 25.7 Å². The summed E-state index contributed by atoms with van der Waals surface area (Å²) in [6, 6.07) is 0. The van der Waals surface area contributed by atoms with E-state index in [9.17, 15) is 9.90 Å². The van der Waals surface area contributed by atoms with Gasteiger partial charge in [-0.15, -0.1) is 0 Å². The first-order valence-electron chi connectivity index (χ1n) is 5.23. The van der Waals surface area contributed by atoms with Gasteiger partial charge in [0.1, 0.15) is 0 Å². The molecule has 2 rings (SSSR count). The number of carbonyl (C=O) groups is 1. The van der Waals surface area contributed by atoms with Gasteiger partial charge in [-0.1, -0.05) is 6.42 Å². The summed E-state index contributed by atoms with van der Waals surface area (Å²) in [5.41, 5.74) is 0. The highest BCUT2D eigenvalue weighted by atomic mass is 16.3. The Morgan fingerprint density at radius 3 is 2.54 bits per heavy atom. The van der Waals surface area contributed by atoms with Gasteiger partial charge in [0, 0.05) is 12.5 Å². The lowest BCUT2D eigenvalue weighted by molar-refractivity contribution is -0.127. The molecule has 74 valence electrons. The van der Waals surface area contributed by atoms with Crippen molar-refractivity contribution in [1.29, 1.82) is 0 Å². The van der Waals surface area contributed by atoms with Crippen molar-refractivity contribution < 1.29 is 9.90 Å². The Morgan fingerprint density at radius 2 is 2.08 bits per heavy atom. The van der Waals surface area contributed by atoms with Gasteiger partial charge in [-0.05, 0) is 31.6 Å². The van der Waals surface area contributed by atoms with Gasteiger partial charge >= 0.3 is 0 Å². The van der Waals surface area contributed by atoms with E-state index in [0.29, 0.717) is 12.5 Å². The molecule has 0 aromatic rings. The molecule has 2 fully saturated rings. The van der Waals surface area contributed by atoms with Crippen LogP contribution < -0.4 is 5.32 Å². The quantitative estimate of drug-likeness (QED) is 0.673. The van der Waals surface area contributed by atoms with E-state index in [-0.39, 0.29) is 17.9 Å². The zero-order chi connectivity index (χ0) is 9.26. The Morgan fingerprint density at radius 1 is 1.38 bits per heavy atom. The van der Waals surface area contributed by atoms with Crippen LogP contribution in [-0.2, 0) is 4.79 Å². The van der Waals surface area contributed by atoms with Crippen LogP contribution in [0.2, 0.25) is 0 Å². The number of aliphatic hydroxyl groups excluding tert-OH is 1. The van der Waals surface area contributed by atoms with Gasteiger partial charge in [0.05, 0.1) is 6.10 Å². The Kier molecular flexibility index (Phi) is 2.54. The van der Waals surface area contributed by atoms with Crippen molar-refractivity contribution in [3.05, 3.63) is 0 Å². The molecule has 0 aromatic heterocycles. The van der Waals surface area contributed by atoms with Crippen molar-refractivity contribution in [3.8, 4) is 0 Å². The molecule has 0 aromatic carbocycles. The molecule has 0 saturated heterocycles. The number of hydrogen-bond acceptors (Lipinski definition) is 2. The topological polar surface area (TPSA) is 49.3 Å². The minimum Gasteiger partial charge on any atom is -0.391 e. The van der Waals surface area contributed by atoms with Gasteiger partial charge in [0.25, 0.3) is 0 Å². The SMILES string of the molecule is O=C(NCC(O)C1CC1)C1CCC1. The largest absolute Gasteiger partial charge is 0.391 e. The minimum atomic E-state index is -0.302. The van der Waals surface area contributed by atoms with Crippen molar-refractivity contribution in [1.82, 2.24) is 5.32 Å². The predicted molar refractivity (Wildman–Crippen MR) is 49.1 cm³/mol. The molecule has 0 aliphatic heterocycles. The van der Waals surface area contributed by atoms with Crippen molar-refractivity contribution in [2.45, 2.75) is 38.2 Å². The molecule has 13 heavy (non-hydrogen) atoms. The van der Waals surface area contributed by atoms with Crippen LogP contribution in [-0.4, -0.2) is 23.7 Å². The summed E-state index contributed by atoms with van der Waals surface area (Å²) >= 11 is 0. The molecule has 1 unspecified atom stereocenters. The molecule has 0 spiro atoms. The average Bonchev–Trinajstić information content (AvgIpc) is 2.78. The molecule has 0 heterocycles. The molecule has 2 aliphatic rings. The first-order chi connectivity index (χ1) is 6.27. The molecule has 1 atom stereocenters. The molecular formula is C10H17NO2. The van der Waals surface area contributed by atoms with E-state index < -0.39 is 0 Å². The third-order valence-electron chi connectivity index (χ3n) is 3.13. The summed E-state index contributed by atoms with van der Waals surface area (Å²) in [4.78, 5) is 11.4. The standard InChI is InChI=1S/C10H17NO2/c12-9(7-4-5-7)6-11-10(13)8-2-1-3-8/h7-9,12H,1-6H2,(H,11,13). The fourth-order valence-corrected chi connectivity index (χ4v) is 1.67. The van der Waals surface area contributed by atoms with Crippen LogP contribution in [0.1, 0.15) is 32.1 Å². The molecule has 2 saturated carbocycles. The second-order valence-corrected chi connectivity index (χ2v) is 4.28. The Hall–Kier alpha value is -0.570. The third kappa shape index (κ3) is 2.21. The monoisotopic (exact) mass is 183 g/mol. The van der Waals surface area contributed by atoms with Crippen LogP contribution in [0.15, 0.2) is 0 Å². The Bertz CT molecular complexity index is 197. The van der Waals surface area contributed by atoms with E-state index in [4.69, 9.17) is 0 Å². The number of carbonyl (C=O) groups excluding carboxylic acids is 1. The fourth-order valence-electron chi connectivity index (χ4n) is 1.67. The van der Waals surface area contributed by atoms with Gasteiger partial charge in [-0.3, -0.25) is 4.79 Å². The number of hydrogen-bond donors (Lipinski definition) is 2. The smallest absolute Gasteiger partial charge is 0.223 e. The minimum absolute atomic E-state index is 0.144. The van der Waals surface area contributed by atoms with Crippen LogP contribution in [0.25, 0.3) is 0 Å². The zero-order valence-corrected chi connectivity index (χ0v) is 7.83. The van der Waals surface area contributed by atoms with Crippen LogP contribution in [0, 0.1) is 11.8 Å². The van der Waals surface area contributed by atoms with Gasteiger partial charge < -0.3 is 10.4 Å². The summed E-state index contributed by atoms with van der Waals surface area (Å²) in [6.07, 6.45) is 5.20. The van der Waals surface area contributed by atoms with Crippen LogP contribution >= 0.6 is 0 Å². The molecule has 1 amide bonds. The van der Waals surface area contributed by atoms with Crippen molar-refractivity contribution >= 4 is 5.91 Å². The second kappa shape index (κ2) is 3.66. The number of amides is 1. The van der Waals surface area contributed by atoms with E-state index in [2.05, 4.69) is 5.32 Å². The number of nitrogens with one attached hydrogen (secondary N) is 1. The maximum atomic E-state index is 11.4. The van der Waals surface area contributed by atoms with Gasteiger partial charge in [0.15, 0.2) is 0 Å². The Labute approximate surface area is 78.5 Å². The summed E-state index contributed by atoms with van der Waals surface area (Å²) in [5.74, 6) is 0.846. The summed E-state index contributed by atoms with van der Waals surface area (Å²) in [5, 5.41) is 12.3. The lowest BCUT2D eigenvalue weighted by atomic mass is 9.85. The molecule has 0 bridgehead atoms. The van der Waals surface area contributed by atoms with Crippen LogP contribution in [0.3, 0.4) is 0 Å². The zero-order valence-electron chi connectivity index (χ0n) is 7.83. The highest BCUT2D eigenvalue weighted by Crippen LogP contribution is 2.32. The lowest BCUT2D eigenvalue weighted by Gasteiger charge is -2.24. The molecule has 3 heteroatoms. The maximum Gasteiger partial charge on any atom is 0.223 e. The average molecular weight is 183 g/mol. The predicted octanol–water partition coefficient (Wildman–Crippen LogP) is 0.674. The first kappa shape index (κ1) is 9.00. The number of rotatable bonds is 4. The van der Waals surface area contributed by atoms with Crippen molar-refractivity contribution in [3.63, 3.8) is 0 Å². The lowest BCUT2D eigenvalue weighted by Crippen LogP contribution is -2.39. The highest BCUT2D eigenvalue weighted by Gasteiger charge is 2.31. The molecule has 0 radical (unpaired) electrons. The maximum absolute atomic E-state index is 11.4. The van der Waals surface area contributed by atoms with Gasteiger partial charge in [-0.2, -0.15) is 0 Å². The van der Waals surface area contributed by atoms with Crippen molar-refractivity contribution in [2.24, 2.45) is 11.8 Å². The second-order valence-electron chi connectivity index (χ2n) is 4.28. The number of aliphatic hydroxyl groups is 1. The van der Waals surface area contributed by atoms with E-state index in [1.165, 1.54) is 6.42 Å². The van der Waals surface area contributed by atoms with Crippen LogP contribution in [0.4, 0.5) is 0 Å². The summed E-state index contributed by atoms with van der Waals surface area (Å²) in [6.45, 7) is 0.458. The van der Waals surface area contributed by atoms with Gasteiger partial charge in [-0.25, -0.2) is 0 Å². The molecule has 2 N–H and O–H groups in total. The van der Waals surface area contributed by atoms with E-state index >= 15 is 0 Å². The van der Waals surface area contributed by atoms with Gasteiger partial charge in [0.2, 0.25) is 5.91 Å². The molecule has 3 nitrogen and oxygen atoms in total. The van der Waals surface area contributed by atoms with E-state index in [1.807, 2.05) is 0 Å². The van der Waals surface area contributed by atoms with Crippen LogP contribution in [0.5, 0.6) is 0 Å². The Balaban J connectivity index is 1.62. The highest BCUT2D eigenvalue weighted by molar-refractivity contribution is 5.79. The fraction of sp³-hybridized carbons (Fsp3) is 0.900. The molecular weight excluding hydrogens is 166 g/mol. The summed E-state index contributed by atoms with van der Waals surface area (Å²) < 4.78 is 0. The first-order valence-corrected chi connectivity index (χ1v) is 5.23. The third-order valence-corrected chi connectivity index (χ3v) is 3.13. The normalized spacial score (nSPS) is 25.0.